The molecule has 5 nitrogen and oxygen atoms in total. The van der Waals surface area contributed by atoms with Crippen molar-refractivity contribution in [3.05, 3.63) is 0 Å². The molecule has 0 amide bonds. The molecule has 0 aromatic heterocycles. The van der Waals surface area contributed by atoms with E-state index >= 15 is 0 Å². The van der Waals surface area contributed by atoms with Crippen LogP contribution in [0.4, 0.5) is 0 Å². The molecule has 0 unspecified atom stereocenters. The second-order valence-corrected chi connectivity index (χ2v) is 13.3. The summed E-state index contributed by atoms with van der Waals surface area (Å²) < 4.78 is 22.2. The van der Waals surface area contributed by atoms with Crippen LogP contribution in [-0.2, 0) is 17.7 Å². The third-order valence-corrected chi connectivity index (χ3v) is 10.5. The lowest BCUT2D eigenvalue weighted by atomic mass is 10.3. The summed E-state index contributed by atoms with van der Waals surface area (Å²) in [7, 11) is 3.22. The first-order valence-corrected chi connectivity index (χ1v) is 13.4. The Hall–Kier alpha value is 0.234. The fraction of sp³-hybridized carbons (Fsp3) is 1.00. The van der Waals surface area contributed by atoms with Crippen LogP contribution < -0.4 is 0 Å². The molecular weight excluding hydrogens is 314 g/mol. The fourth-order valence-electron chi connectivity index (χ4n) is 2.47. The lowest BCUT2D eigenvalue weighted by molar-refractivity contribution is 0.231. The molecule has 0 aliphatic heterocycles. The Labute approximate surface area is 139 Å². The zero-order valence-electron chi connectivity index (χ0n) is 15.7. The van der Waals surface area contributed by atoms with Crippen molar-refractivity contribution in [1.82, 2.24) is 4.90 Å². The maximum Gasteiger partial charge on any atom is 0.334 e. The highest BCUT2D eigenvalue weighted by atomic mass is 28.4. The molecule has 22 heavy (non-hydrogen) atoms. The van der Waals surface area contributed by atoms with Crippen molar-refractivity contribution in [2.45, 2.75) is 51.4 Å². The summed E-state index contributed by atoms with van der Waals surface area (Å²) in [5.74, 6) is 0. The Kier molecular flexibility index (Phi) is 11.8. The molecule has 0 aliphatic carbocycles. The van der Waals surface area contributed by atoms with Gasteiger partial charge in [0.15, 0.2) is 0 Å². The summed E-state index contributed by atoms with van der Waals surface area (Å²) in [6.45, 7) is 9.87. The Morgan fingerprint density at radius 3 is 1.32 bits per heavy atom. The van der Waals surface area contributed by atoms with Crippen LogP contribution in [0.2, 0.25) is 25.2 Å². The normalized spacial score (nSPS) is 13.1. The van der Waals surface area contributed by atoms with Gasteiger partial charge in [-0.05, 0) is 64.1 Å². The molecule has 0 aromatic carbocycles. The van der Waals surface area contributed by atoms with Crippen molar-refractivity contribution < 1.29 is 17.7 Å². The largest absolute Gasteiger partial charge is 0.398 e. The van der Waals surface area contributed by atoms with Gasteiger partial charge in [-0.15, -0.1) is 0 Å². The zero-order valence-corrected chi connectivity index (χ0v) is 17.7. The third kappa shape index (κ3) is 8.76. The first-order chi connectivity index (χ1) is 10.4. The van der Waals surface area contributed by atoms with Crippen LogP contribution in [0.5, 0.6) is 0 Å². The van der Waals surface area contributed by atoms with Gasteiger partial charge in [0.25, 0.3) is 0 Å². The van der Waals surface area contributed by atoms with Crippen molar-refractivity contribution in [3.63, 3.8) is 0 Å². The lowest BCUT2D eigenvalue weighted by Gasteiger charge is -2.27. The van der Waals surface area contributed by atoms with Crippen LogP contribution in [-0.4, -0.2) is 70.1 Å². The molecule has 0 radical (unpaired) electrons. The average molecular weight is 352 g/mol. The molecule has 0 saturated heterocycles. The van der Waals surface area contributed by atoms with Gasteiger partial charge in [0.1, 0.15) is 0 Å². The summed E-state index contributed by atoms with van der Waals surface area (Å²) in [6.07, 6.45) is 3.45. The van der Waals surface area contributed by atoms with Crippen LogP contribution in [0.15, 0.2) is 0 Å². The van der Waals surface area contributed by atoms with Gasteiger partial charge in [0, 0.05) is 28.4 Å². The summed E-state index contributed by atoms with van der Waals surface area (Å²) >= 11 is 0. The van der Waals surface area contributed by atoms with Crippen molar-refractivity contribution in [2.75, 3.05) is 48.1 Å². The van der Waals surface area contributed by atoms with E-state index in [1.807, 2.05) is 0 Å². The van der Waals surface area contributed by atoms with E-state index in [2.05, 4.69) is 24.9 Å². The number of hydrogen-bond donors (Lipinski definition) is 0. The predicted octanol–water partition coefficient (Wildman–Crippen LogP) is 3.21. The standard InChI is InChI=1S/C15H37NO4Si2/c1-8-11-16(12-9-14-21(6,17-2)18-3)13-10-15-22(7,19-4)20-5/h8-15H2,1-7H3. The minimum absolute atomic E-state index is 1.04. The number of nitrogens with zero attached hydrogens (tertiary/aromatic N) is 1. The molecule has 0 fully saturated rings. The van der Waals surface area contributed by atoms with Gasteiger partial charge in [0.2, 0.25) is 0 Å². The van der Waals surface area contributed by atoms with E-state index in [0.29, 0.717) is 0 Å². The molecule has 0 aliphatic rings. The zero-order chi connectivity index (χ0) is 17.1. The van der Waals surface area contributed by atoms with Gasteiger partial charge < -0.3 is 22.6 Å². The van der Waals surface area contributed by atoms with E-state index in [1.165, 1.54) is 6.42 Å². The molecule has 0 spiro atoms. The predicted molar refractivity (Wildman–Crippen MR) is 96.9 cm³/mol. The van der Waals surface area contributed by atoms with Crippen LogP contribution in [0, 0.1) is 0 Å². The highest BCUT2D eigenvalue weighted by Crippen LogP contribution is 2.16. The Morgan fingerprint density at radius 2 is 1.05 bits per heavy atom. The highest BCUT2D eigenvalue weighted by Gasteiger charge is 2.29. The van der Waals surface area contributed by atoms with Crippen molar-refractivity contribution in [3.8, 4) is 0 Å². The SMILES string of the molecule is CCCN(CCC[Si](C)(OC)OC)CCC[Si](C)(OC)OC. The summed E-state index contributed by atoms with van der Waals surface area (Å²) in [4.78, 5) is 2.54. The summed E-state index contributed by atoms with van der Waals surface area (Å²) in [5, 5.41) is 0. The second kappa shape index (κ2) is 11.7. The van der Waals surface area contributed by atoms with E-state index < -0.39 is 17.1 Å². The van der Waals surface area contributed by atoms with Gasteiger partial charge in [-0.2, -0.15) is 0 Å². The quantitative estimate of drug-likeness (QED) is 0.449. The van der Waals surface area contributed by atoms with E-state index in [0.717, 1.165) is 44.6 Å². The molecule has 134 valence electrons. The monoisotopic (exact) mass is 351 g/mol. The maximum atomic E-state index is 5.55. The van der Waals surface area contributed by atoms with Crippen LogP contribution >= 0.6 is 0 Å². The number of rotatable bonds is 14. The summed E-state index contributed by atoms with van der Waals surface area (Å²) in [6, 6.07) is 2.09. The second-order valence-electron chi connectivity index (χ2n) is 6.13. The topological polar surface area (TPSA) is 40.2 Å². The highest BCUT2D eigenvalue weighted by molar-refractivity contribution is 6.66. The first kappa shape index (κ1) is 22.2. The average Bonchev–Trinajstić information content (AvgIpc) is 2.54. The smallest absolute Gasteiger partial charge is 0.334 e. The van der Waals surface area contributed by atoms with Gasteiger partial charge in [-0.1, -0.05) is 6.92 Å². The van der Waals surface area contributed by atoms with Crippen molar-refractivity contribution >= 4 is 17.1 Å². The minimum atomic E-state index is -1.92. The van der Waals surface area contributed by atoms with Gasteiger partial charge in [0.05, 0.1) is 0 Å². The van der Waals surface area contributed by atoms with Crippen molar-refractivity contribution in [2.24, 2.45) is 0 Å². The Bertz CT molecular complexity index is 250. The van der Waals surface area contributed by atoms with E-state index in [1.54, 1.807) is 28.4 Å². The van der Waals surface area contributed by atoms with Gasteiger partial charge >= 0.3 is 17.1 Å². The molecule has 0 saturated carbocycles. The molecule has 0 heterocycles. The molecule has 0 aromatic rings. The maximum absolute atomic E-state index is 5.55. The van der Waals surface area contributed by atoms with Gasteiger partial charge in [-0.3, -0.25) is 0 Å². The minimum Gasteiger partial charge on any atom is -0.398 e. The third-order valence-electron chi connectivity index (χ3n) is 4.48. The number of hydrogen-bond acceptors (Lipinski definition) is 5. The Morgan fingerprint density at radius 1 is 0.682 bits per heavy atom. The van der Waals surface area contributed by atoms with E-state index in [9.17, 15) is 0 Å². The van der Waals surface area contributed by atoms with Crippen LogP contribution in [0.3, 0.4) is 0 Å². The Balaban J connectivity index is 4.16. The fourth-order valence-corrected chi connectivity index (χ4v) is 5.22. The van der Waals surface area contributed by atoms with Crippen molar-refractivity contribution in [1.29, 1.82) is 0 Å². The summed E-state index contributed by atoms with van der Waals surface area (Å²) in [5.41, 5.74) is 0. The molecule has 0 bridgehead atoms. The van der Waals surface area contributed by atoms with E-state index in [4.69, 9.17) is 17.7 Å². The van der Waals surface area contributed by atoms with E-state index in [-0.39, 0.29) is 0 Å². The molecule has 0 atom stereocenters. The molecule has 0 rings (SSSR count). The first-order valence-electron chi connectivity index (χ1n) is 8.31. The van der Waals surface area contributed by atoms with Crippen LogP contribution in [0.25, 0.3) is 0 Å². The lowest BCUT2D eigenvalue weighted by Crippen LogP contribution is -2.38. The molecular formula is C15H37NO4Si2. The molecule has 7 heteroatoms. The molecule has 0 N–H and O–H groups in total. The van der Waals surface area contributed by atoms with Crippen LogP contribution in [0.1, 0.15) is 26.2 Å². The van der Waals surface area contributed by atoms with Gasteiger partial charge in [-0.25, -0.2) is 0 Å².